The Morgan fingerprint density at radius 3 is 2.79 bits per heavy atom. The van der Waals surface area contributed by atoms with Crippen LogP contribution in [0.5, 0.6) is 0 Å². The largest absolute Gasteiger partial charge is 0.374 e. The summed E-state index contributed by atoms with van der Waals surface area (Å²) in [6.07, 6.45) is 4.58. The van der Waals surface area contributed by atoms with Gasteiger partial charge in [-0.15, -0.1) is 0 Å². The van der Waals surface area contributed by atoms with Crippen LogP contribution in [0.4, 0.5) is 0 Å². The van der Waals surface area contributed by atoms with E-state index in [0.717, 1.165) is 25.5 Å². The summed E-state index contributed by atoms with van der Waals surface area (Å²) in [6, 6.07) is 0. The van der Waals surface area contributed by atoms with Crippen LogP contribution in [0.15, 0.2) is 11.8 Å². The van der Waals surface area contributed by atoms with E-state index >= 15 is 0 Å². The van der Waals surface area contributed by atoms with Crippen LogP contribution < -0.4 is 5.32 Å². The Labute approximate surface area is 83.3 Å². The van der Waals surface area contributed by atoms with Gasteiger partial charge in [0.25, 0.3) is 0 Å². The number of carbonyl (C=O) groups is 1. The molecule has 0 aromatic heterocycles. The molecule has 4 heteroatoms. The molecule has 0 radical (unpaired) electrons. The number of hydrogen-bond donors (Lipinski definition) is 2. The summed E-state index contributed by atoms with van der Waals surface area (Å²) in [6.45, 7) is 0.650. The molecule has 0 rings (SSSR count). The third-order valence-electron chi connectivity index (χ3n) is 1.65. The number of hydrogen-bond acceptors (Lipinski definition) is 4. The molecule has 0 spiro atoms. The van der Waals surface area contributed by atoms with E-state index in [0.29, 0.717) is 13.0 Å². The molecule has 0 aliphatic rings. The fourth-order valence-electron chi connectivity index (χ4n) is 0.951. The van der Waals surface area contributed by atoms with E-state index in [1.807, 2.05) is 0 Å². The second kappa shape index (κ2) is 9.90. The normalized spacial score (nSPS) is 11.2. The van der Waals surface area contributed by atoms with Gasteiger partial charge < -0.3 is 9.90 Å². The molecule has 1 atom stereocenters. The molecule has 0 aliphatic carbocycles. The minimum atomic E-state index is -0.845. The lowest BCUT2D eigenvalue weighted by molar-refractivity contribution is -0.107. The summed E-state index contributed by atoms with van der Waals surface area (Å²) >= 11 is 0. The Kier molecular flexibility index (Phi) is 9.07. The van der Waals surface area contributed by atoms with Gasteiger partial charge in [0, 0.05) is 12.5 Å². The number of aldehydes is 1. The Hall–Kier alpha value is -1.18. The predicted molar refractivity (Wildman–Crippen MR) is 52.3 cm³/mol. The number of nitrogens with one attached hydrogen (secondary N) is 1. The molecule has 0 fully saturated rings. The van der Waals surface area contributed by atoms with Crippen molar-refractivity contribution in [3.8, 4) is 0 Å². The van der Waals surface area contributed by atoms with Crippen molar-refractivity contribution in [2.45, 2.75) is 31.9 Å². The van der Waals surface area contributed by atoms with Crippen molar-refractivity contribution in [3.05, 3.63) is 11.8 Å². The third kappa shape index (κ3) is 8.91. The standard InChI is InChI=1S/C10H15NO3/c12-8-4-2-1-3-7-11-10(14)6-5-9-13/h6,8,10-11,14H,1-4,7H2/t10-/m0/s1. The van der Waals surface area contributed by atoms with Gasteiger partial charge in [-0.1, -0.05) is 6.42 Å². The summed E-state index contributed by atoms with van der Waals surface area (Å²) in [5.74, 6) is 1.42. The van der Waals surface area contributed by atoms with Gasteiger partial charge in [0.2, 0.25) is 0 Å². The second-order valence-corrected chi connectivity index (χ2v) is 2.83. The van der Waals surface area contributed by atoms with Crippen LogP contribution in [0.3, 0.4) is 0 Å². The number of aliphatic hydroxyl groups excluding tert-OH is 1. The zero-order valence-corrected chi connectivity index (χ0v) is 8.03. The Morgan fingerprint density at radius 2 is 2.14 bits per heavy atom. The van der Waals surface area contributed by atoms with Gasteiger partial charge in [-0.2, -0.15) is 0 Å². The molecule has 0 bridgehead atoms. The van der Waals surface area contributed by atoms with Crippen LogP contribution in [0.1, 0.15) is 25.7 Å². The van der Waals surface area contributed by atoms with Crippen LogP contribution in [0.25, 0.3) is 0 Å². The zero-order chi connectivity index (χ0) is 10.6. The summed E-state index contributed by atoms with van der Waals surface area (Å²) in [5.41, 5.74) is 2.12. The first kappa shape index (κ1) is 12.8. The van der Waals surface area contributed by atoms with Crippen molar-refractivity contribution in [1.29, 1.82) is 0 Å². The lowest BCUT2D eigenvalue weighted by atomic mass is 10.2. The highest BCUT2D eigenvalue weighted by Gasteiger charge is 1.95. The van der Waals surface area contributed by atoms with Crippen molar-refractivity contribution in [3.63, 3.8) is 0 Å². The van der Waals surface area contributed by atoms with E-state index in [2.05, 4.69) is 11.0 Å². The summed E-state index contributed by atoms with van der Waals surface area (Å²) in [4.78, 5) is 19.7. The quantitative estimate of drug-likeness (QED) is 0.192. The molecule has 0 unspecified atom stereocenters. The van der Waals surface area contributed by atoms with Crippen molar-refractivity contribution < 1.29 is 14.7 Å². The highest BCUT2D eigenvalue weighted by molar-refractivity contribution is 5.48. The van der Waals surface area contributed by atoms with Crippen LogP contribution in [-0.4, -0.2) is 30.1 Å². The lowest BCUT2D eigenvalue weighted by Gasteiger charge is -2.06. The van der Waals surface area contributed by atoms with E-state index in [9.17, 15) is 9.59 Å². The first-order chi connectivity index (χ1) is 6.81. The Morgan fingerprint density at radius 1 is 1.36 bits per heavy atom. The number of rotatable bonds is 8. The molecule has 0 saturated carbocycles. The number of aliphatic hydroxyl groups is 1. The van der Waals surface area contributed by atoms with E-state index in [1.165, 1.54) is 12.0 Å². The van der Waals surface area contributed by atoms with E-state index in [-0.39, 0.29) is 0 Å². The molecular formula is C10H15NO3. The van der Waals surface area contributed by atoms with E-state index < -0.39 is 6.23 Å². The van der Waals surface area contributed by atoms with Gasteiger partial charge in [-0.3, -0.25) is 5.32 Å². The van der Waals surface area contributed by atoms with Gasteiger partial charge in [0.15, 0.2) is 5.94 Å². The minimum Gasteiger partial charge on any atom is -0.374 e. The molecule has 78 valence electrons. The summed E-state index contributed by atoms with van der Waals surface area (Å²) in [5, 5.41) is 11.9. The molecule has 0 aliphatic heterocycles. The average molecular weight is 197 g/mol. The maximum absolute atomic E-state index is 9.96. The molecule has 2 N–H and O–H groups in total. The van der Waals surface area contributed by atoms with Crippen LogP contribution in [0.2, 0.25) is 0 Å². The van der Waals surface area contributed by atoms with Gasteiger partial charge in [0.05, 0.1) is 0 Å². The Bertz CT molecular complexity index is 228. The van der Waals surface area contributed by atoms with E-state index in [4.69, 9.17) is 5.11 Å². The molecular weight excluding hydrogens is 182 g/mol. The molecule has 0 aromatic carbocycles. The fraction of sp³-hybridized carbons (Fsp3) is 0.600. The lowest BCUT2D eigenvalue weighted by Crippen LogP contribution is -2.27. The van der Waals surface area contributed by atoms with Gasteiger partial charge in [0.1, 0.15) is 12.5 Å². The molecule has 0 aromatic rings. The Balaban J connectivity index is 3.31. The minimum absolute atomic E-state index is 0.594. The summed E-state index contributed by atoms with van der Waals surface area (Å²) < 4.78 is 0. The number of carbonyl (C=O) groups excluding carboxylic acids is 2. The van der Waals surface area contributed by atoms with Gasteiger partial charge in [-0.25, -0.2) is 4.79 Å². The first-order valence-corrected chi connectivity index (χ1v) is 4.62. The van der Waals surface area contributed by atoms with Gasteiger partial charge >= 0.3 is 0 Å². The average Bonchev–Trinajstić information content (AvgIpc) is 2.20. The number of unbranched alkanes of at least 4 members (excludes halogenated alkanes) is 3. The second-order valence-electron chi connectivity index (χ2n) is 2.83. The predicted octanol–water partition coefficient (Wildman–Crippen LogP) is 0.197. The van der Waals surface area contributed by atoms with E-state index in [1.54, 1.807) is 0 Å². The highest BCUT2D eigenvalue weighted by atomic mass is 16.3. The highest BCUT2D eigenvalue weighted by Crippen LogP contribution is 1.96. The van der Waals surface area contributed by atoms with Gasteiger partial charge in [-0.05, 0) is 25.1 Å². The maximum Gasteiger partial charge on any atom is 0.176 e. The zero-order valence-electron chi connectivity index (χ0n) is 8.03. The topological polar surface area (TPSA) is 66.4 Å². The van der Waals surface area contributed by atoms with Crippen LogP contribution in [-0.2, 0) is 9.59 Å². The van der Waals surface area contributed by atoms with Crippen LogP contribution >= 0.6 is 0 Å². The fourth-order valence-corrected chi connectivity index (χ4v) is 0.951. The molecule has 4 nitrogen and oxygen atoms in total. The first-order valence-electron chi connectivity index (χ1n) is 4.62. The molecule has 0 heterocycles. The van der Waals surface area contributed by atoms with Crippen molar-refractivity contribution in [2.24, 2.45) is 0 Å². The SMILES string of the molecule is O=C=C=C[C@H](O)NCCCCCC=O. The smallest absolute Gasteiger partial charge is 0.176 e. The monoisotopic (exact) mass is 197 g/mol. The molecule has 0 saturated heterocycles. The summed E-state index contributed by atoms with van der Waals surface area (Å²) in [7, 11) is 0. The van der Waals surface area contributed by atoms with Crippen LogP contribution in [0, 0.1) is 0 Å². The molecule has 0 amide bonds. The maximum atomic E-state index is 9.96. The van der Waals surface area contributed by atoms with Crippen molar-refractivity contribution in [2.75, 3.05) is 6.54 Å². The van der Waals surface area contributed by atoms with Crippen molar-refractivity contribution in [1.82, 2.24) is 5.32 Å². The molecule has 14 heavy (non-hydrogen) atoms. The third-order valence-corrected chi connectivity index (χ3v) is 1.65. The van der Waals surface area contributed by atoms with Crippen molar-refractivity contribution >= 4 is 12.2 Å².